The zero-order valence-corrected chi connectivity index (χ0v) is 16.0. The lowest BCUT2D eigenvalue weighted by Crippen LogP contribution is -2.32. The number of aliphatic hydroxyl groups excluding tert-OH is 1. The molecule has 142 valence electrons. The number of amides is 1. The lowest BCUT2D eigenvalue weighted by molar-refractivity contribution is -0.129. The molecular formula is C20H21NO5S. The molecule has 1 aromatic heterocycles. The van der Waals surface area contributed by atoms with Crippen LogP contribution in [0.5, 0.6) is 5.75 Å². The minimum Gasteiger partial charge on any atom is -0.503 e. The van der Waals surface area contributed by atoms with E-state index in [4.69, 9.17) is 9.47 Å². The molecule has 1 atom stereocenters. The van der Waals surface area contributed by atoms with Crippen molar-refractivity contribution in [3.63, 3.8) is 0 Å². The molecule has 3 rings (SSSR count). The van der Waals surface area contributed by atoms with Gasteiger partial charge in [-0.25, -0.2) is 0 Å². The van der Waals surface area contributed by atoms with Gasteiger partial charge in [-0.15, -0.1) is 11.3 Å². The van der Waals surface area contributed by atoms with E-state index in [0.717, 1.165) is 0 Å². The molecule has 0 spiro atoms. The summed E-state index contributed by atoms with van der Waals surface area (Å²) in [7, 11) is 3.13. The van der Waals surface area contributed by atoms with Gasteiger partial charge in [-0.2, -0.15) is 0 Å². The Morgan fingerprint density at radius 1 is 1.22 bits per heavy atom. The van der Waals surface area contributed by atoms with Crippen LogP contribution in [0.25, 0.3) is 0 Å². The summed E-state index contributed by atoms with van der Waals surface area (Å²) in [5, 5.41) is 12.3. The summed E-state index contributed by atoms with van der Waals surface area (Å²) in [6, 6.07) is 9.96. The third-order valence-electron chi connectivity index (χ3n) is 4.47. The van der Waals surface area contributed by atoms with Crippen molar-refractivity contribution in [2.75, 3.05) is 27.4 Å². The summed E-state index contributed by atoms with van der Waals surface area (Å²) in [5.74, 6) is -0.845. The van der Waals surface area contributed by atoms with Crippen molar-refractivity contribution in [3.05, 3.63) is 63.6 Å². The predicted octanol–water partition coefficient (Wildman–Crippen LogP) is 3.37. The van der Waals surface area contributed by atoms with Gasteiger partial charge >= 0.3 is 0 Å². The van der Waals surface area contributed by atoms with Gasteiger partial charge in [-0.1, -0.05) is 24.3 Å². The van der Waals surface area contributed by atoms with Crippen molar-refractivity contribution >= 4 is 23.0 Å². The summed E-state index contributed by atoms with van der Waals surface area (Å²) in [6.45, 7) is 0.818. The third kappa shape index (κ3) is 3.61. The lowest BCUT2D eigenvalue weighted by Gasteiger charge is -2.27. The third-order valence-corrected chi connectivity index (χ3v) is 5.34. The average Bonchev–Trinajstić information content (AvgIpc) is 3.30. The van der Waals surface area contributed by atoms with Gasteiger partial charge in [0.15, 0.2) is 5.76 Å². The van der Waals surface area contributed by atoms with E-state index in [9.17, 15) is 14.7 Å². The number of hydrogen-bond acceptors (Lipinski definition) is 6. The fraction of sp³-hybridized carbons (Fsp3) is 0.300. The van der Waals surface area contributed by atoms with E-state index in [1.165, 1.54) is 23.3 Å². The summed E-state index contributed by atoms with van der Waals surface area (Å²) < 4.78 is 10.5. The average molecular weight is 387 g/mol. The van der Waals surface area contributed by atoms with Crippen LogP contribution in [0.2, 0.25) is 0 Å². The summed E-state index contributed by atoms with van der Waals surface area (Å²) >= 11 is 1.28. The van der Waals surface area contributed by atoms with Crippen molar-refractivity contribution in [1.82, 2.24) is 4.90 Å². The number of para-hydroxylation sites is 1. The smallest absolute Gasteiger partial charge is 0.290 e. The molecule has 1 aliphatic rings. The van der Waals surface area contributed by atoms with E-state index < -0.39 is 17.7 Å². The van der Waals surface area contributed by atoms with E-state index in [-0.39, 0.29) is 11.4 Å². The number of ether oxygens (including phenoxy) is 2. The van der Waals surface area contributed by atoms with Gasteiger partial charge in [0.1, 0.15) is 5.75 Å². The minimum absolute atomic E-state index is 0.0874. The van der Waals surface area contributed by atoms with Gasteiger partial charge in [0.05, 0.1) is 23.6 Å². The van der Waals surface area contributed by atoms with Crippen LogP contribution in [0.4, 0.5) is 0 Å². The molecule has 0 aliphatic carbocycles. The summed E-state index contributed by atoms with van der Waals surface area (Å²) in [5.41, 5.74) is 0.749. The monoisotopic (exact) mass is 387 g/mol. The van der Waals surface area contributed by atoms with E-state index >= 15 is 0 Å². The number of carbonyl (C=O) groups excluding carboxylic acids is 2. The van der Waals surface area contributed by atoms with E-state index in [1.54, 1.807) is 36.8 Å². The number of aliphatic hydroxyl groups is 1. The first-order valence-corrected chi connectivity index (χ1v) is 9.42. The van der Waals surface area contributed by atoms with Crippen LogP contribution in [-0.2, 0) is 9.53 Å². The van der Waals surface area contributed by atoms with E-state index in [2.05, 4.69) is 0 Å². The Labute approximate surface area is 161 Å². The number of benzene rings is 1. The van der Waals surface area contributed by atoms with Crippen LogP contribution in [-0.4, -0.2) is 49.1 Å². The zero-order chi connectivity index (χ0) is 19.4. The fourth-order valence-electron chi connectivity index (χ4n) is 3.25. The number of ketones is 1. The molecule has 0 bridgehead atoms. The number of methoxy groups -OCH3 is 2. The minimum atomic E-state index is -0.708. The number of carbonyl (C=O) groups is 2. The SMILES string of the molecule is COCCCN1C(=O)C(O)=C(C(=O)c2cccs2)C1c1ccccc1OC. The molecule has 7 heteroatoms. The Balaban J connectivity index is 2.08. The molecule has 0 saturated carbocycles. The van der Waals surface area contributed by atoms with Gasteiger partial charge in [0, 0.05) is 25.8 Å². The van der Waals surface area contributed by atoms with Crippen LogP contribution < -0.4 is 4.74 Å². The molecule has 0 fully saturated rings. The van der Waals surface area contributed by atoms with Crippen molar-refractivity contribution in [1.29, 1.82) is 0 Å². The zero-order valence-electron chi connectivity index (χ0n) is 15.2. The number of Topliss-reactive ketones (excluding diaryl/α,β-unsaturated/α-hetero) is 1. The van der Waals surface area contributed by atoms with Gasteiger partial charge in [-0.05, 0) is 23.9 Å². The predicted molar refractivity (Wildman–Crippen MR) is 102 cm³/mol. The van der Waals surface area contributed by atoms with Gasteiger partial charge in [-0.3, -0.25) is 9.59 Å². The molecule has 0 radical (unpaired) electrons. The van der Waals surface area contributed by atoms with Crippen molar-refractivity contribution in [2.45, 2.75) is 12.5 Å². The molecule has 0 saturated heterocycles. The highest BCUT2D eigenvalue weighted by molar-refractivity contribution is 7.12. The molecule has 27 heavy (non-hydrogen) atoms. The number of hydrogen-bond donors (Lipinski definition) is 1. The topological polar surface area (TPSA) is 76.1 Å². The van der Waals surface area contributed by atoms with Gasteiger partial charge < -0.3 is 19.5 Å². The van der Waals surface area contributed by atoms with Gasteiger partial charge in [0.2, 0.25) is 5.78 Å². The van der Waals surface area contributed by atoms with Crippen LogP contribution in [0.3, 0.4) is 0 Å². The first kappa shape index (κ1) is 19.1. The molecular weight excluding hydrogens is 366 g/mol. The highest BCUT2D eigenvalue weighted by Gasteiger charge is 2.44. The largest absolute Gasteiger partial charge is 0.503 e. The van der Waals surface area contributed by atoms with Crippen LogP contribution in [0.1, 0.15) is 27.7 Å². The number of rotatable bonds is 8. The first-order valence-electron chi connectivity index (χ1n) is 8.54. The molecule has 1 aromatic carbocycles. The molecule has 2 heterocycles. The van der Waals surface area contributed by atoms with Crippen LogP contribution in [0.15, 0.2) is 53.1 Å². The number of nitrogens with zero attached hydrogens (tertiary/aromatic N) is 1. The molecule has 6 nitrogen and oxygen atoms in total. The molecule has 1 unspecified atom stereocenters. The van der Waals surface area contributed by atoms with Crippen molar-refractivity contribution in [3.8, 4) is 5.75 Å². The Morgan fingerprint density at radius 3 is 2.67 bits per heavy atom. The van der Waals surface area contributed by atoms with Gasteiger partial charge in [0.25, 0.3) is 5.91 Å². The normalized spacial score (nSPS) is 16.9. The van der Waals surface area contributed by atoms with E-state index in [1.807, 2.05) is 12.1 Å². The maximum absolute atomic E-state index is 13.1. The summed E-state index contributed by atoms with van der Waals surface area (Å²) in [6.07, 6.45) is 0.585. The summed E-state index contributed by atoms with van der Waals surface area (Å²) in [4.78, 5) is 27.8. The Hall–Kier alpha value is -2.64. The van der Waals surface area contributed by atoms with Crippen LogP contribution >= 0.6 is 11.3 Å². The Morgan fingerprint density at radius 2 is 2.00 bits per heavy atom. The lowest BCUT2D eigenvalue weighted by atomic mass is 9.94. The second-order valence-electron chi connectivity index (χ2n) is 6.06. The highest BCUT2D eigenvalue weighted by Crippen LogP contribution is 2.42. The second kappa shape index (κ2) is 8.37. The Kier molecular flexibility index (Phi) is 5.93. The quantitative estimate of drug-likeness (QED) is 0.555. The maximum atomic E-state index is 13.1. The second-order valence-corrected chi connectivity index (χ2v) is 7.01. The molecule has 1 amide bonds. The van der Waals surface area contributed by atoms with Crippen molar-refractivity contribution < 1.29 is 24.2 Å². The van der Waals surface area contributed by atoms with Crippen LogP contribution in [0, 0.1) is 0 Å². The van der Waals surface area contributed by atoms with Crippen molar-refractivity contribution in [2.24, 2.45) is 0 Å². The standard InChI is InChI=1S/C20H21NO5S/c1-25-11-6-10-21-17(13-7-3-4-8-14(13)26-2)16(19(23)20(21)24)18(22)15-9-5-12-27-15/h3-5,7-9,12,17,23H,6,10-11H2,1-2H3. The molecule has 2 aromatic rings. The number of thiophene rings is 1. The van der Waals surface area contributed by atoms with E-state index in [0.29, 0.717) is 35.8 Å². The first-order chi connectivity index (χ1) is 13.1. The molecule has 1 N–H and O–H groups in total. The molecule has 1 aliphatic heterocycles. The Bertz CT molecular complexity index is 859. The maximum Gasteiger partial charge on any atom is 0.290 e. The fourth-order valence-corrected chi connectivity index (χ4v) is 3.93. The highest BCUT2D eigenvalue weighted by atomic mass is 32.1.